The van der Waals surface area contributed by atoms with Crippen molar-refractivity contribution in [2.24, 2.45) is 0 Å². The average Bonchev–Trinajstić information content (AvgIpc) is 1.97. The summed E-state index contributed by atoms with van der Waals surface area (Å²) in [6.45, 7) is 5.25. The van der Waals surface area contributed by atoms with Crippen molar-refractivity contribution in [2.45, 2.75) is 33.1 Å². The Kier molecular flexibility index (Phi) is 7.75. The number of hydrogen-bond acceptors (Lipinski definition) is 1. The van der Waals surface area contributed by atoms with E-state index in [-0.39, 0.29) is 0 Å². The molecule has 0 aromatic heterocycles. The molecule has 1 nitrogen and oxygen atoms in total. The fourth-order valence-electron chi connectivity index (χ4n) is 0.691. The summed E-state index contributed by atoms with van der Waals surface area (Å²) in [5, 5.41) is 3.15. The zero-order valence-corrected chi connectivity index (χ0v) is 6.98. The summed E-state index contributed by atoms with van der Waals surface area (Å²) in [6, 6.07) is 0. The van der Waals surface area contributed by atoms with Crippen LogP contribution in [0.15, 0.2) is 18.0 Å². The van der Waals surface area contributed by atoms with Crippen molar-refractivity contribution in [1.29, 1.82) is 0 Å². The molecule has 0 saturated carbocycles. The Morgan fingerprint density at radius 2 is 2.20 bits per heavy atom. The van der Waals surface area contributed by atoms with Crippen LogP contribution in [0.5, 0.6) is 0 Å². The predicted octanol–water partition coefficient (Wildman–Crippen LogP) is 2.45. The van der Waals surface area contributed by atoms with E-state index in [9.17, 15) is 0 Å². The van der Waals surface area contributed by atoms with Gasteiger partial charge in [0, 0.05) is 12.7 Å². The maximum Gasteiger partial charge on any atom is 0.0394 e. The van der Waals surface area contributed by atoms with Crippen LogP contribution >= 0.6 is 0 Å². The smallest absolute Gasteiger partial charge is 0.0394 e. The molecular weight excluding hydrogens is 122 g/mol. The third-order valence-electron chi connectivity index (χ3n) is 1.28. The molecule has 0 saturated heterocycles. The van der Waals surface area contributed by atoms with E-state index in [1.165, 1.54) is 19.3 Å². The quantitative estimate of drug-likeness (QED) is 0.455. The van der Waals surface area contributed by atoms with Crippen LogP contribution in [0.25, 0.3) is 0 Å². The van der Waals surface area contributed by atoms with Gasteiger partial charge in [0.2, 0.25) is 0 Å². The van der Waals surface area contributed by atoms with Crippen molar-refractivity contribution in [3.63, 3.8) is 0 Å². The molecule has 0 aromatic rings. The number of unbranched alkanes of at least 4 members (excludes halogenated alkanes) is 2. The lowest BCUT2D eigenvalue weighted by Crippen LogP contribution is -2.05. The van der Waals surface area contributed by atoms with Crippen molar-refractivity contribution >= 4 is 0 Å². The molecule has 0 atom stereocenters. The highest BCUT2D eigenvalue weighted by molar-refractivity contribution is 4.79. The van der Waals surface area contributed by atoms with Gasteiger partial charge in [0.15, 0.2) is 0 Å². The molecule has 0 aliphatic rings. The van der Waals surface area contributed by atoms with Gasteiger partial charge in [0.05, 0.1) is 0 Å². The zero-order valence-electron chi connectivity index (χ0n) is 6.98. The largest absolute Gasteiger partial charge is 0.385 e. The molecule has 58 valence electrons. The van der Waals surface area contributed by atoms with E-state index in [4.69, 9.17) is 0 Å². The van der Waals surface area contributed by atoms with Gasteiger partial charge in [-0.15, -0.1) is 5.73 Å². The zero-order chi connectivity index (χ0) is 7.66. The van der Waals surface area contributed by atoms with Crippen molar-refractivity contribution in [2.75, 3.05) is 6.54 Å². The van der Waals surface area contributed by atoms with Crippen LogP contribution in [-0.4, -0.2) is 6.54 Å². The molecule has 0 amide bonds. The van der Waals surface area contributed by atoms with Crippen LogP contribution in [0.3, 0.4) is 0 Å². The summed E-state index contributed by atoms with van der Waals surface area (Å²) >= 11 is 0. The standard InChI is InChI=1S/C9H17N/c1-3-5-7-9-10-8-6-4-2/h4,8,10H,3,5,7,9H2,1-2H3. The molecule has 0 unspecified atom stereocenters. The predicted molar refractivity (Wildman–Crippen MR) is 45.9 cm³/mol. The molecule has 0 aliphatic heterocycles. The van der Waals surface area contributed by atoms with Gasteiger partial charge >= 0.3 is 0 Å². The molecule has 1 N–H and O–H groups in total. The van der Waals surface area contributed by atoms with Crippen LogP contribution in [0.2, 0.25) is 0 Å². The van der Waals surface area contributed by atoms with E-state index in [2.05, 4.69) is 18.0 Å². The molecule has 0 radical (unpaired) electrons. The van der Waals surface area contributed by atoms with Crippen LogP contribution < -0.4 is 5.32 Å². The Hall–Kier alpha value is -0.680. The fraction of sp³-hybridized carbons (Fsp3) is 0.667. The maximum absolute atomic E-state index is 3.15. The van der Waals surface area contributed by atoms with Crippen LogP contribution in [0.4, 0.5) is 0 Å². The van der Waals surface area contributed by atoms with Gasteiger partial charge in [-0.25, -0.2) is 0 Å². The van der Waals surface area contributed by atoms with Crippen molar-refractivity contribution in [3.05, 3.63) is 18.0 Å². The normalized spacial score (nSPS) is 8.20. The van der Waals surface area contributed by atoms with Gasteiger partial charge in [0.25, 0.3) is 0 Å². The van der Waals surface area contributed by atoms with E-state index in [1.54, 1.807) is 0 Å². The number of nitrogens with one attached hydrogen (secondary N) is 1. The minimum atomic E-state index is 1.08. The second-order valence-corrected chi connectivity index (χ2v) is 2.26. The molecule has 10 heavy (non-hydrogen) atoms. The maximum atomic E-state index is 3.15. The Balaban J connectivity index is 2.97. The summed E-state index contributed by atoms with van der Waals surface area (Å²) < 4.78 is 0. The lowest BCUT2D eigenvalue weighted by atomic mass is 10.2. The lowest BCUT2D eigenvalue weighted by molar-refractivity contribution is 0.683. The Bertz CT molecular complexity index is 110. The molecule has 1 heteroatoms. The van der Waals surface area contributed by atoms with Crippen LogP contribution in [0, 0.1) is 0 Å². The first-order valence-electron chi connectivity index (χ1n) is 4.00. The van der Waals surface area contributed by atoms with Gasteiger partial charge in [-0.1, -0.05) is 19.8 Å². The Morgan fingerprint density at radius 3 is 2.80 bits per heavy atom. The Labute approximate surface area is 63.8 Å². The van der Waals surface area contributed by atoms with E-state index in [1.807, 2.05) is 19.2 Å². The summed E-state index contributed by atoms with van der Waals surface area (Å²) in [6.07, 6.45) is 7.63. The van der Waals surface area contributed by atoms with Gasteiger partial charge in [0.1, 0.15) is 0 Å². The van der Waals surface area contributed by atoms with Gasteiger partial charge in [-0.05, 0) is 19.4 Å². The van der Waals surface area contributed by atoms with E-state index < -0.39 is 0 Å². The number of rotatable bonds is 5. The lowest BCUT2D eigenvalue weighted by Gasteiger charge is -1.95. The first-order valence-corrected chi connectivity index (χ1v) is 4.00. The van der Waals surface area contributed by atoms with Crippen LogP contribution in [-0.2, 0) is 0 Å². The van der Waals surface area contributed by atoms with E-state index >= 15 is 0 Å². The highest BCUT2D eigenvalue weighted by Gasteiger charge is 1.80. The molecule has 0 rings (SSSR count). The second-order valence-electron chi connectivity index (χ2n) is 2.26. The summed E-state index contributed by atoms with van der Waals surface area (Å²) in [5.41, 5.74) is 2.96. The fourth-order valence-corrected chi connectivity index (χ4v) is 0.691. The van der Waals surface area contributed by atoms with Crippen molar-refractivity contribution in [3.8, 4) is 0 Å². The topological polar surface area (TPSA) is 12.0 Å². The summed E-state index contributed by atoms with van der Waals surface area (Å²) in [4.78, 5) is 0. The summed E-state index contributed by atoms with van der Waals surface area (Å²) in [5.74, 6) is 0. The molecular formula is C9H17N. The SMILES string of the molecule is CC=C=CNCCCCC. The minimum absolute atomic E-state index is 1.08. The molecule has 0 fully saturated rings. The second kappa shape index (κ2) is 8.32. The summed E-state index contributed by atoms with van der Waals surface area (Å²) in [7, 11) is 0. The molecule has 0 aromatic carbocycles. The van der Waals surface area contributed by atoms with Crippen LogP contribution in [0.1, 0.15) is 33.1 Å². The minimum Gasteiger partial charge on any atom is -0.385 e. The average molecular weight is 139 g/mol. The monoisotopic (exact) mass is 139 g/mol. The molecule has 0 aliphatic carbocycles. The van der Waals surface area contributed by atoms with Crippen molar-refractivity contribution in [1.82, 2.24) is 5.32 Å². The highest BCUT2D eigenvalue weighted by Crippen LogP contribution is 1.90. The third kappa shape index (κ3) is 7.32. The molecule has 0 heterocycles. The van der Waals surface area contributed by atoms with E-state index in [0.717, 1.165) is 6.54 Å². The van der Waals surface area contributed by atoms with Gasteiger partial charge in [-0.3, -0.25) is 0 Å². The third-order valence-corrected chi connectivity index (χ3v) is 1.28. The number of allylic oxidation sites excluding steroid dienone is 1. The Morgan fingerprint density at radius 1 is 1.40 bits per heavy atom. The highest BCUT2D eigenvalue weighted by atomic mass is 14.8. The van der Waals surface area contributed by atoms with Gasteiger partial charge in [-0.2, -0.15) is 0 Å². The molecule has 0 spiro atoms. The van der Waals surface area contributed by atoms with E-state index in [0.29, 0.717) is 0 Å². The first-order chi connectivity index (χ1) is 4.91. The first kappa shape index (κ1) is 9.32. The number of hydrogen-bond donors (Lipinski definition) is 1. The van der Waals surface area contributed by atoms with Crippen molar-refractivity contribution < 1.29 is 0 Å². The van der Waals surface area contributed by atoms with Gasteiger partial charge < -0.3 is 5.32 Å². The molecule has 0 bridgehead atoms.